The van der Waals surface area contributed by atoms with E-state index in [4.69, 9.17) is 0 Å². The van der Waals surface area contributed by atoms with Gasteiger partial charge in [-0.3, -0.25) is 19.7 Å². The lowest BCUT2D eigenvalue weighted by Crippen LogP contribution is -2.25. The highest BCUT2D eigenvalue weighted by molar-refractivity contribution is 5.96. The molecule has 2 amide bonds. The number of nitro groups is 1. The molecule has 0 aliphatic rings. The van der Waals surface area contributed by atoms with E-state index in [1.165, 1.54) is 17.0 Å². The van der Waals surface area contributed by atoms with Crippen molar-refractivity contribution in [3.8, 4) is 0 Å². The van der Waals surface area contributed by atoms with Gasteiger partial charge in [0.15, 0.2) is 0 Å². The molecule has 0 aliphatic heterocycles. The molecule has 2 rings (SSSR count). The molecule has 0 atom stereocenters. The molecule has 0 fully saturated rings. The summed E-state index contributed by atoms with van der Waals surface area (Å²) < 4.78 is 0. The highest BCUT2D eigenvalue weighted by Crippen LogP contribution is 2.21. The zero-order valence-electron chi connectivity index (χ0n) is 14.3. The number of nitro benzene ring substituents is 1. The second kappa shape index (κ2) is 7.57. The van der Waals surface area contributed by atoms with E-state index < -0.39 is 10.8 Å². The molecule has 0 heterocycles. The minimum absolute atomic E-state index is 0.0915. The second-order valence-electron chi connectivity index (χ2n) is 5.79. The van der Waals surface area contributed by atoms with E-state index in [0.717, 1.165) is 5.56 Å². The van der Waals surface area contributed by atoms with Crippen molar-refractivity contribution in [2.45, 2.75) is 13.5 Å². The lowest BCUT2D eigenvalue weighted by atomic mass is 10.1. The van der Waals surface area contributed by atoms with Crippen molar-refractivity contribution in [2.24, 2.45) is 0 Å². The predicted molar refractivity (Wildman–Crippen MR) is 93.5 cm³/mol. The summed E-state index contributed by atoms with van der Waals surface area (Å²) in [5.74, 6) is -0.520. The first kappa shape index (κ1) is 18.1. The Labute approximate surface area is 145 Å². The lowest BCUT2D eigenvalue weighted by molar-refractivity contribution is -0.385. The normalized spacial score (nSPS) is 10.2. The maximum absolute atomic E-state index is 12.3. The van der Waals surface area contributed by atoms with Gasteiger partial charge in [0.2, 0.25) is 0 Å². The third kappa shape index (κ3) is 4.20. The largest absolute Gasteiger partial charge is 0.348 e. The van der Waals surface area contributed by atoms with Crippen molar-refractivity contribution >= 4 is 17.5 Å². The molecule has 2 aromatic carbocycles. The quantitative estimate of drug-likeness (QED) is 0.668. The number of nitrogens with zero attached hydrogens (tertiary/aromatic N) is 2. The summed E-state index contributed by atoms with van der Waals surface area (Å²) in [4.78, 5) is 36.2. The van der Waals surface area contributed by atoms with Gasteiger partial charge in [-0.25, -0.2) is 0 Å². The standard InChI is InChI=1S/C18H19N3O4/c1-12-15(8-5-9-16(12)21(24)25)17(22)19-11-13-6-4-7-14(10-13)18(23)20(2)3/h4-10H,11H2,1-3H3,(H,19,22). The van der Waals surface area contributed by atoms with Crippen LogP contribution in [-0.4, -0.2) is 35.7 Å². The highest BCUT2D eigenvalue weighted by Gasteiger charge is 2.17. The molecule has 0 aliphatic carbocycles. The monoisotopic (exact) mass is 341 g/mol. The Morgan fingerprint density at radius 1 is 1.16 bits per heavy atom. The molecule has 0 radical (unpaired) electrons. The van der Waals surface area contributed by atoms with Crippen LogP contribution in [0.25, 0.3) is 0 Å². The van der Waals surface area contributed by atoms with Crippen LogP contribution in [0.4, 0.5) is 5.69 Å². The average molecular weight is 341 g/mol. The summed E-state index contributed by atoms with van der Waals surface area (Å²) in [6.07, 6.45) is 0. The Morgan fingerprint density at radius 2 is 1.84 bits per heavy atom. The summed E-state index contributed by atoms with van der Waals surface area (Å²) in [5, 5.41) is 13.7. The van der Waals surface area contributed by atoms with Gasteiger partial charge in [-0.2, -0.15) is 0 Å². The van der Waals surface area contributed by atoms with Crippen molar-refractivity contribution in [1.29, 1.82) is 0 Å². The van der Waals surface area contributed by atoms with E-state index in [-0.39, 0.29) is 23.7 Å². The van der Waals surface area contributed by atoms with Crippen LogP contribution >= 0.6 is 0 Å². The van der Waals surface area contributed by atoms with Crippen molar-refractivity contribution < 1.29 is 14.5 Å². The molecule has 0 bridgehead atoms. The summed E-state index contributed by atoms with van der Waals surface area (Å²) in [7, 11) is 3.34. The summed E-state index contributed by atoms with van der Waals surface area (Å²) in [5.41, 5.74) is 1.79. The van der Waals surface area contributed by atoms with Crippen LogP contribution in [0.3, 0.4) is 0 Å². The molecule has 7 nitrogen and oxygen atoms in total. The molecule has 7 heteroatoms. The van der Waals surface area contributed by atoms with E-state index in [0.29, 0.717) is 11.1 Å². The van der Waals surface area contributed by atoms with Gasteiger partial charge in [0.1, 0.15) is 0 Å². The summed E-state index contributed by atoms with van der Waals surface area (Å²) in [6, 6.07) is 11.4. The molecule has 0 unspecified atom stereocenters. The average Bonchev–Trinajstić information content (AvgIpc) is 2.59. The van der Waals surface area contributed by atoms with Crippen LogP contribution < -0.4 is 5.32 Å². The van der Waals surface area contributed by atoms with Gasteiger partial charge < -0.3 is 10.2 Å². The van der Waals surface area contributed by atoms with Gasteiger partial charge in [-0.15, -0.1) is 0 Å². The maximum Gasteiger partial charge on any atom is 0.273 e. The van der Waals surface area contributed by atoms with E-state index in [1.807, 2.05) is 0 Å². The van der Waals surface area contributed by atoms with Crippen LogP contribution in [0.15, 0.2) is 42.5 Å². The van der Waals surface area contributed by atoms with E-state index in [2.05, 4.69) is 5.32 Å². The zero-order valence-corrected chi connectivity index (χ0v) is 14.3. The van der Waals surface area contributed by atoms with Crippen LogP contribution in [0.1, 0.15) is 31.8 Å². The maximum atomic E-state index is 12.3. The number of hydrogen-bond donors (Lipinski definition) is 1. The number of carbonyl (C=O) groups excluding carboxylic acids is 2. The Hall–Kier alpha value is -3.22. The molecule has 0 spiro atoms. The lowest BCUT2D eigenvalue weighted by Gasteiger charge is -2.12. The zero-order chi connectivity index (χ0) is 18.6. The molecule has 1 N–H and O–H groups in total. The van der Waals surface area contributed by atoms with Gasteiger partial charge in [0, 0.05) is 43.4 Å². The second-order valence-corrected chi connectivity index (χ2v) is 5.79. The van der Waals surface area contributed by atoms with Crippen molar-refractivity contribution in [3.63, 3.8) is 0 Å². The first-order chi connectivity index (χ1) is 11.8. The number of carbonyl (C=O) groups is 2. The third-order valence-corrected chi connectivity index (χ3v) is 3.78. The molecule has 0 saturated carbocycles. The van der Waals surface area contributed by atoms with Crippen molar-refractivity contribution in [1.82, 2.24) is 10.2 Å². The Bertz CT molecular complexity index is 831. The highest BCUT2D eigenvalue weighted by atomic mass is 16.6. The SMILES string of the molecule is Cc1c(C(=O)NCc2cccc(C(=O)N(C)C)c2)cccc1[N+](=O)[O-]. The van der Waals surface area contributed by atoms with E-state index in [1.54, 1.807) is 51.4 Å². The van der Waals surface area contributed by atoms with Crippen LogP contribution in [0.2, 0.25) is 0 Å². The Kier molecular flexibility index (Phi) is 5.49. The topological polar surface area (TPSA) is 92.6 Å². The molecule has 130 valence electrons. The fraction of sp³-hybridized carbons (Fsp3) is 0.222. The van der Waals surface area contributed by atoms with Gasteiger partial charge >= 0.3 is 0 Å². The minimum Gasteiger partial charge on any atom is -0.348 e. The van der Waals surface area contributed by atoms with Crippen LogP contribution in [0.5, 0.6) is 0 Å². The third-order valence-electron chi connectivity index (χ3n) is 3.78. The number of nitrogens with one attached hydrogen (secondary N) is 1. The summed E-state index contributed by atoms with van der Waals surface area (Å²) >= 11 is 0. The molecular formula is C18H19N3O4. The van der Waals surface area contributed by atoms with Gasteiger partial charge in [0.05, 0.1) is 4.92 Å². The smallest absolute Gasteiger partial charge is 0.273 e. The van der Waals surface area contributed by atoms with Crippen molar-refractivity contribution in [2.75, 3.05) is 14.1 Å². The van der Waals surface area contributed by atoms with E-state index in [9.17, 15) is 19.7 Å². The minimum atomic E-state index is -0.511. The molecule has 25 heavy (non-hydrogen) atoms. The van der Waals surface area contributed by atoms with Crippen LogP contribution in [-0.2, 0) is 6.54 Å². The number of amides is 2. The Balaban J connectivity index is 2.13. The fourth-order valence-corrected chi connectivity index (χ4v) is 2.42. The van der Waals surface area contributed by atoms with E-state index >= 15 is 0 Å². The Morgan fingerprint density at radius 3 is 2.48 bits per heavy atom. The predicted octanol–water partition coefficient (Wildman–Crippen LogP) is 2.54. The number of benzene rings is 2. The molecule has 0 aromatic heterocycles. The molecule has 2 aromatic rings. The molecule has 0 saturated heterocycles. The molecular weight excluding hydrogens is 322 g/mol. The van der Waals surface area contributed by atoms with Gasteiger partial charge in [-0.1, -0.05) is 18.2 Å². The van der Waals surface area contributed by atoms with Gasteiger partial charge in [0.25, 0.3) is 17.5 Å². The first-order valence-corrected chi connectivity index (χ1v) is 7.64. The van der Waals surface area contributed by atoms with Crippen molar-refractivity contribution in [3.05, 3.63) is 74.8 Å². The summed E-state index contributed by atoms with van der Waals surface area (Å²) in [6.45, 7) is 1.76. The fourth-order valence-electron chi connectivity index (χ4n) is 2.42. The van der Waals surface area contributed by atoms with Gasteiger partial charge in [-0.05, 0) is 30.7 Å². The first-order valence-electron chi connectivity index (χ1n) is 7.64. The number of rotatable bonds is 5. The number of hydrogen-bond acceptors (Lipinski definition) is 4. The van der Waals surface area contributed by atoms with Crippen LogP contribution in [0, 0.1) is 17.0 Å².